The SMILES string of the molecule is CC(C#N)CNCCNC(N)=O. The maximum atomic E-state index is 10.2. The number of urea groups is 1. The molecule has 1 atom stereocenters. The number of nitrogens with zero attached hydrogens (tertiary/aromatic N) is 1. The molecule has 0 heterocycles. The normalized spacial score (nSPS) is 11.7. The van der Waals surface area contributed by atoms with Gasteiger partial charge in [0.2, 0.25) is 0 Å². The molecule has 1 unspecified atom stereocenters. The van der Waals surface area contributed by atoms with Crippen molar-refractivity contribution in [3.05, 3.63) is 0 Å². The van der Waals surface area contributed by atoms with E-state index >= 15 is 0 Å². The van der Waals surface area contributed by atoms with E-state index in [2.05, 4.69) is 16.7 Å². The van der Waals surface area contributed by atoms with Crippen LogP contribution >= 0.6 is 0 Å². The van der Waals surface area contributed by atoms with E-state index in [1.807, 2.05) is 6.92 Å². The highest BCUT2D eigenvalue weighted by Crippen LogP contribution is 1.85. The fraction of sp³-hybridized carbons (Fsp3) is 0.714. The second-order valence-corrected chi connectivity index (χ2v) is 2.53. The lowest BCUT2D eigenvalue weighted by molar-refractivity contribution is 0.249. The third-order valence-corrected chi connectivity index (χ3v) is 1.27. The van der Waals surface area contributed by atoms with Crippen LogP contribution < -0.4 is 16.4 Å². The van der Waals surface area contributed by atoms with E-state index in [9.17, 15) is 4.79 Å². The molecule has 0 fully saturated rings. The van der Waals surface area contributed by atoms with Crippen LogP contribution in [0.3, 0.4) is 0 Å². The molecular formula is C7H14N4O. The number of hydrogen-bond acceptors (Lipinski definition) is 3. The highest BCUT2D eigenvalue weighted by Gasteiger charge is 1.97. The fourth-order valence-corrected chi connectivity index (χ4v) is 0.638. The first-order chi connectivity index (χ1) is 5.66. The lowest BCUT2D eigenvalue weighted by atomic mass is 10.2. The Hall–Kier alpha value is -1.28. The van der Waals surface area contributed by atoms with E-state index in [0.717, 1.165) is 0 Å². The van der Waals surface area contributed by atoms with Crippen LogP contribution in [0.15, 0.2) is 0 Å². The van der Waals surface area contributed by atoms with Gasteiger partial charge in [-0.2, -0.15) is 5.26 Å². The Kier molecular flexibility index (Phi) is 5.75. The van der Waals surface area contributed by atoms with Crippen molar-refractivity contribution in [3.8, 4) is 6.07 Å². The van der Waals surface area contributed by atoms with Crippen molar-refractivity contribution in [1.29, 1.82) is 5.26 Å². The summed E-state index contributed by atoms with van der Waals surface area (Å²) >= 11 is 0. The van der Waals surface area contributed by atoms with Crippen LogP contribution in [0.4, 0.5) is 4.79 Å². The Labute approximate surface area is 71.9 Å². The van der Waals surface area contributed by atoms with Crippen molar-refractivity contribution < 1.29 is 4.79 Å². The number of hydrogen-bond donors (Lipinski definition) is 3. The second kappa shape index (κ2) is 6.43. The Morgan fingerprint density at radius 2 is 2.33 bits per heavy atom. The zero-order valence-electron chi connectivity index (χ0n) is 7.13. The van der Waals surface area contributed by atoms with Gasteiger partial charge in [0, 0.05) is 19.6 Å². The molecule has 4 N–H and O–H groups in total. The number of carbonyl (C=O) groups is 1. The summed E-state index contributed by atoms with van der Waals surface area (Å²) in [5.41, 5.74) is 4.83. The molecular weight excluding hydrogens is 156 g/mol. The second-order valence-electron chi connectivity index (χ2n) is 2.53. The average Bonchev–Trinajstić information content (AvgIpc) is 2.03. The highest BCUT2D eigenvalue weighted by molar-refractivity contribution is 5.71. The molecule has 68 valence electrons. The van der Waals surface area contributed by atoms with Gasteiger partial charge in [-0.05, 0) is 6.92 Å². The van der Waals surface area contributed by atoms with E-state index < -0.39 is 6.03 Å². The molecule has 5 heteroatoms. The lowest BCUT2D eigenvalue weighted by Crippen LogP contribution is -2.36. The number of nitrogens with two attached hydrogens (primary N) is 1. The van der Waals surface area contributed by atoms with Crippen LogP contribution in [0.2, 0.25) is 0 Å². The maximum absolute atomic E-state index is 10.2. The molecule has 0 spiro atoms. The molecule has 12 heavy (non-hydrogen) atoms. The van der Waals surface area contributed by atoms with Crippen molar-refractivity contribution >= 4 is 6.03 Å². The van der Waals surface area contributed by atoms with E-state index in [0.29, 0.717) is 19.6 Å². The summed E-state index contributed by atoms with van der Waals surface area (Å²) in [6.45, 7) is 3.59. The minimum Gasteiger partial charge on any atom is -0.352 e. The van der Waals surface area contributed by atoms with Gasteiger partial charge < -0.3 is 16.4 Å². The molecule has 0 aromatic rings. The van der Waals surface area contributed by atoms with Crippen molar-refractivity contribution in [2.75, 3.05) is 19.6 Å². The summed E-state index contributed by atoms with van der Waals surface area (Å²) in [7, 11) is 0. The molecule has 0 rings (SSSR count). The molecule has 0 bridgehead atoms. The fourth-order valence-electron chi connectivity index (χ4n) is 0.638. The topological polar surface area (TPSA) is 90.9 Å². The van der Waals surface area contributed by atoms with Crippen LogP contribution in [-0.4, -0.2) is 25.7 Å². The van der Waals surface area contributed by atoms with E-state index in [1.54, 1.807) is 0 Å². The lowest BCUT2D eigenvalue weighted by Gasteiger charge is -2.05. The van der Waals surface area contributed by atoms with Gasteiger partial charge in [0.1, 0.15) is 0 Å². The predicted octanol–water partition coefficient (Wildman–Crippen LogP) is -0.596. The number of carbonyl (C=O) groups excluding carboxylic acids is 1. The quantitative estimate of drug-likeness (QED) is 0.481. The summed E-state index contributed by atoms with van der Waals surface area (Å²) in [5, 5.41) is 13.8. The Morgan fingerprint density at radius 1 is 1.67 bits per heavy atom. The minimum absolute atomic E-state index is 0.00132. The molecule has 5 nitrogen and oxygen atoms in total. The smallest absolute Gasteiger partial charge is 0.312 e. The van der Waals surface area contributed by atoms with Crippen LogP contribution in [0.25, 0.3) is 0 Å². The van der Waals surface area contributed by atoms with Gasteiger partial charge >= 0.3 is 6.03 Å². The number of amides is 2. The van der Waals surface area contributed by atoms with Crippen molar-refractivity contribution in [2.45, 2.75) is 6.92 Å². The van der Waals surface area contributed by atoms with Gasteiger partial charge in [-0.1, -0.05) is 0 Å². The number of nitriles is 1. The summed E-state index contributed by atoms with van der Waals surface area (Å²) < 4.78 is 0. The van der Waals surface area contributed by atoms with Gasteiger partial charge in [0.15, 0.2) is 0 Å². The molecule has 0 aromatic heterocycles. The maximum Gasteiger partial charge on any atom is 0.312 e. The molecule has 0 saturated carbocycles. The first-order valence-electron chi connectivity index (χ1n) is 3.80. The van der Waals surface area contributed by atoms with Gasteiger partial charge in [-0.25, -0.2) is 4.79 Å². The number of rotatable bonds is 5. The highest BCUT2D eigenvalue weighted by atomic mass is 16.2. The Morgan fingerprint density at radius 3 is 2.83 bits per heavy atom. The molecule has 0 saturated heterocycles. The van der Waals surface area contributed by atoms with Crippen molar-refractivity contribution in [3.63, 3.8) is 0 Å². The first kappa shape index (κ1) is 10.7. The van der Waals surface area contributed by atoms with Gasteiger partial charge in [0.25, 0.3) is 0 Å². The summed E-state index contributed by atoms with van der Waals surface area (Å²) in [6, 6.07) is 1.57. The third kappa shape index (κ3) is 6.83. The molecule has 0 aliphatic rings. The minimum atomic E-state index is -0.523. The average molecular weight is 170 g/mol. The van der Waals surface area contributed by atoms with E-state index in [-0.39, 0.29) is 5.92 Å². The van der Waals surface area contributed by atoms with E-state index in [1.165, 1.54) is 0 Å². The summed E-state index contributed by atoms with van der Waals surface area (Å²) in [5.74, 6) is -0.00132. The zero-order valence-corrected chi connectivity index (χ0v) is 7.13. The zero-order chi connectivity index (χ0) is 9.40. The molecule has 0 radical (unpaired) electrons. The first-order valence-corrected chi connectivity index (χ1v) is 3.80. The monoisotopic (exact) mass is 170 g/mol. The Bertz CT molecular complexity index is 175. The molecule has 0 aromatic carbocycles. The number of nitrogens with one attached hydrogen (secondary N) is 2. The van der Waals surface area contributed by atoms with Crippen LogP contribution in [0.5, 0.6) is 0 Å². The van der Waals surface area contributed by atoms with Crippen LogP contribution in [-0.2, 0) is 0 Å². The number of primary amides is 1. The third-order valence-electron chi connectivity index (χ3n) is 1.27. The molecule has 0 aliphatic heterocycles. The van der Waals surface area contributed by atoms with Crippen LogP contribution in [0, 0.1) is 17.2 Å². The van der Waals surface area contributed by atoms with Gasteiger partial charge in [-0.15, -0.1) is 0 Å². The van der Waals surface area contributed by atoms with Crippen molar-refractivity contribution in [1.82, 2.24) is 10.6 Å². The molecule has 0 aliphatic carbocycles. The van der Waals surface area contributed by atoms with E-state index in [4.69, 9.17) is 11.0 Å². The predicted molar refractivity (Wildman–Crippen MR) is 45.2 cm³/mol. The summed E-state index contributed by atoms with van der Waals surface area (Å²) in [6.07, 6.45) is 0. The summed E-state index contributed by atoms with van der Waals surface area (Å²) in [4.78, 5) is 10.2. The van der Waals surface area contributed by atoms with Crippen molar-refractivity contribution in [2.24, 2.45) is 11.7 Å². The largest absolute Gasteiger partial charge is 0.352 e. The standard InChI is InChI=1S/C7H14N4O/c1-6(4-8)5-10-2-3-11-7(9)12/h6,10H,2-3,5H2,1H3,(H3,9,11,12). The Balaban J connectivity index is 3.12. The molecule has 2 amide bonds. The van der Waals surface area contributed by atoms with Gasteiger partial charge in [0.05, 0.1) is 12.0 Å². The van der Waals surface area contributed by atoms with Gasteiger partial charge in [-0.3, -0.25) is 0 Å². The van der Waals surface area contributed by atoms with Crippen LogP contribution in [0.1, 0.15) is 6.92 Å².